The van der Waals surface area contributed by atoms with Gasteiger partial charge < -0.3 is 9.64 Å². The van der Waals surface area contributed by atoms with Crippen LogP contribution in [-0.2, 0) is 9.53 Å². The monoisotopic (exact) mass is 323 g/mol. The van der Waals surface area contributed by atoms with Crippen molar-refractivity contribution in [2.24, 2.45) is 0 Å². The van der Waals surface area contributed by atoms with Crippen LogP contribution in [0.2, 0.25) is 5.02 Å². The van der Waals surface area contributed by atoms with E-state index in [2.05, 4.69) is 32.6 Å². The molecule has 0 radical (unpaired) electrons. The first-order valence-corrected chi connectivity index (χ1v) is 8.36. The number of ether oxygens (including phenoxy) is 1. The highest BCUT2D eigenvalue weighted by Crippen LogP contribution is 2.45. The fourth-order valence-electron chi connectivity index (χ4n) is 3.77. The lowest BCUT2D eigenvalue weighted by atomic mass is 9.78. The lowest BCUT2D eigenvalue weighted by Gasteiger charge is -2.50. The Morgan fingerprint density at radius 1 is 1.50 bits per heavy atom. The zero-order valence-corrected chi connectivity index (χ0v) is 14.9. The summed E-state index contributed by atoms with van der Waals surface area (Å²) in [7, 11) is 1.47. The van der Waals surface area contributed by atoms with Gasteiger partial charge in [0.15, 0.2) is 0 Å². The molecule has 22 heavy (non-hydrogen) atoms. The molecule has 0 bridgehead atoms. The molecular formula is C18H26ClNO2. The summed E-state index contributed by atoms with van der Waals surface area (Å²) in [5, 5.41) is 0.746. The van der Waals surface area contributed by atoms with Crippen molar-refractivity contribution in [1.29, 1.82) is 0 Å². The van der Waals surface area contributed by atoms with Gasteiger partial charge in [0.25, 0.3) is 0 Å². The van der Waals surface area contributed by atoms with Gasteiger partial charge in [0.2, 0.25) is 0 Å². The Morgan fingerprint density at radius 3 is 2.77 bits per heavy atom. The van der Waals surface area contributed by atoms with Crippen LogP contribution < -0.4 is 4.90 Å². The largest absolute Gasteiger partial charge is 0.467 e. The Hall–Kier alpha value is -1.22. The number of hydrogen-bond acceptors (Lipinski definition) is 3. The number of carbonyl (C=O) groups excluding carboxylic acids is 1. The minimum Gasteiger partial charge on any atom is -0.467 e. The molecule has 1 aliphatic heterocycles. The van der Waals surface area contributed by atoms with Crippen LogP contribution in [-0.4, -0.2) is 24.7 Å². The van der Waals surface area contributed by atoms with E-state index in [1.807, 2.05) is 18.2 Å². The number of benzene rings is 1. The number of halogens is 1. The van der Waals surface area contributed by atoms with Gasteiger partial charge in [0.1, 0.15) is 6.04 Å². The topological polar surface area (TPSA) is 29.5 Å². The maximum atomic E-state index is 12.4. The number of anilines is 1. The van der Waals surface area contributed by atoms with Gasteiger partial charge in [-0.1, -0.05) is 31.9 Å². The normalized spacial score (nSPS) is 21.2. The first kappa shape index (κ1) is 17.1. The maximum Gasteiger partial charge on any atom is 0.328 e. The SMILES string of the molecule is CCC[C@H](C(=O)OC)N1c2ccc(Cl)cc2[C@@H](C)CC1(C)C. The van der Waals surface area contributed by atoms with Gasteiger partial charge in [-0.3, -0.25) is 0 Å². The Morgan fingerprint density at radius 2 is 2.18 bits per heavy atom. The van der Waals surface area contributed by atoms with Crippen molar-refractivity contribution in [3.8, 4) is 0 Å². The summed E-state index contributed by atoms with van der Waals surface area (Å²) in [5.74, 6) is 0.255. The summed E-state index contributed by atoms with van der Waals surface area (Å²) in [6, 6.07) is 5.73. The molecule has 1 heterocycles. The molecule has 0 amide bonds. The number of carbonyl (C=O) groups is 1. The molecule has 0 unspecified atom stereocenters. The number of esters is 1. The third-order valence-corrected chi connectivity index (χ3v) is 4.82. The summed E-state index contributed by atoms with van der Waals surface area (Å²) in [5.41, 5.74) is 2.22. The number of hydrogen-bond donors (Lipinski definition) is 0. The summed E-state index contributed by atoms with van der Waals surface area (Å²) in [6.07, 6.45) is 2.70. The average molecular weight is 324 g/mol. The van der Waals surface area contributed by atoms with Crippen LogP contribution in [0, 0.1) is 0 Å². The lowest BCUT2D eigenvalue weighted by molar-refractivity contribution is -0.142. The van der Waals surface area contributed by atoms with E-state index in [9.17, 15) is 4.79 Å². The minimum absolute atomic E-state index is 0.103. The second-order valence-electron chi connectivity index (χ2n) is 6.82. The molecular weight excluding hydrogens is 298 g/mol. The molecule has 1 aromatic rings. The minimum atomic E-state index is -0.252. The van der Waals surface area contributed by atoms with Crippen LogP contribution in [0.15, 0.2) is 18.2 Å². The Labute approximate surface area is 138 Å². The van der Waals surface area contributed by atoms with E-state index >= 15 is 0 Å². The highest BCUT2D eigenvalue weighted by Gasteiger charge is 2.42. The van der Waals surface area contributed by atoms with E-state index in [-0.39, 0.29) is 17.6 Å². The van der Waals surface area contributed by atoms with Gasteiger partial charge in [-0.15, -0.1) is 0 Å². The Bertz CT molecular complexity index is 556. The third-order valence-electron chi connectivity index (χ3n) is 4.58. The van der Waals surface area contributed by atoms with Gasteiger partial charge in [-0.2, -0.15) is 0 Å². The van der Waals surface area contributed by atoms with Crippen molar-refractivity contribution in [3.05, 3.63) is 28.8 Å². The molecule has 1 aliphatic rings. The maximum absolute atomic E-state index is 12.4. The van der Waals surface area contributed by atoms with Crippen molar-refractivity contribution in [2.75, 3.05) is 12.0 Å². The van der Waals surface area contributed by atoms with Gasteiger partial charge >= 0.3 is 5.97 Å². The second-order valence-corrected chi connectivity index (χ2v) is 7.25. The molecule has 0 fully saturated rings. The summed E-state index contributed by atoms with van der Waals surface area (Å²) in [6.45, 7) is 8.72. The molecule has 0 aromatic heterocycles. The van der Waals surface area contributed by atoms with E-state index < -0.39 is 0 Å². The predicted molar refractivity (Wildman–Crippen MR) is 91.8 cm³/mol. The summed E-state index contributed by atoms with van der Waals surface area (Å²) < 4.78 is 5.07. The predicted octanol–water partition coefficient (Wildman–Crippen LogP) is 4.77. The van der Waals surface area contributed by atoms with Gasteiger partial charge in [-0.25, -0.2) is 4.79 Å². The fraction of sp³-hybridized carbons (Fsp3) is 0.611. The van der Waals surface area contributed by atoms with Gasteiger partial charge in [0.05, 0.1) is 7.11 Å². The van der Waals surface area contributed by atoms with Crippen molar-refractivity contribution in [2.45, 2.75) is 64.5 Å². The molecule has 2 rings (SSSR count). The average Bonchev–Trinajstić information content (AvgIpc) is 2.45. The molecule has 0 spiro atoms. The molecule has 0 aliphatic carbocycles. The zero-order chi connectivity index (χ0) is 16.5. The zero-order valence-electron chi connectivity index (χ0n) is 14.1. The van der Waals surface area contributed by atoms with Crippen molar-refractivity contribution < 1.29 is 9.53 Å². The number of fused-ring (bicyclic) bond motifs is 1. The van der Waals surface area contributed by atoms with Crippen LogP contribution in [0.3, 0.4) is 0 Å². The van der Waals surface area contributed by atoms with Crippen LogP contribution >= 0.6 is 11.6 Å². The first-order valence-electron chi connectivity index (χ1n) is 7.98. The van der Waals surface area contributed by atoms with E-state index in [1.54, 1.807) is 0 Å². The van der Waals surface area contributed by atoms with Crippen LogP contribution in [0.5, 0.6) is 0 Å². The summed E-state index contributed by atoms with van der Waals surface area (Å²) >= 11 is 6.18. The van der Waals surface area contributed by atoms with E-state index in [1.165, 1.54) is 12.7 Å². The van der Waals surface area contributed by atoms with Crippen molar-refractivity contribution >= 4 is 23.3 Å². The molecule has 1 aromatic carbocycles. The second kappa shape index (κ2) is 6.49. The third kappa shape index (κ3) is 3.10. The first-order chi connectivity index (χ1) is 10.3. The summed E-state index contributed by atoms with van der Waals surface area (Å²) in [4.78, 5) is 14.6. The van der Waals surface area contributed by atoms with E-state index in [0.717, 1.165) is 30.0 Å². The van der Waals surface area contributed by atoms with Crippen LogP contribution in [0.25, 0.3) is 0 Å². The fourth-order valence-corrected chi connectivity index (χ4v) is 3.96. The Kier molecular flexibility index (Phi) is 5.06. The highest BCUT2D eigenvalue weighted by atomic mass is 35.5. The van der Waals surface area contributed by atoms with E-state index in [4.69, 9.17) is 16.3 Å². The smallest absolute Gasteiger partial charge is 0.328 e. The molecule has 3 nitrogen and oxygen atoms in total. The van der Waals surface area contributed by atoms with Crippen molar-refractivity contribution in [3.63, 3.8) is 0 Å². The highest BCUT2D eigenvalue weighted by molar-refractivity contribution is 6.30. The molecule has 2 atom stereocenters. The van der Waals surface area contributed by atoms with Gasteiger partial charge in [-0.05, 0) is 56.4 Å². The van der Waals surface area contributed by atoms with Crippen molar-refractivity contribution in [1.82, 2.24) is 0 Å². The number of methoxy groups -OCH3 is 1. The molecule has 0 saturated carbocycles. The molecule has 0 saturated heterocycles. The number of rotatable bonds is 4. The molecule has 122 valence electrons. The van der Waals surface area contributed by atoms with Crippen LogP contribution in [0.4, 0.5) is 5.69 Å². The number of nitrogens with zero attached hydrogens (tertiary/aromatic N) is 1. The molecule has 0 N–H and O–H groups in total. The standard InChI is InChI=1S/C18H26ClNO2/c1-6-7-16(17(21)22-5)20-15-9-8-13(19)10-14(15)12(2)11-18(20,3)4/h8-10,12,16H,6-7,11H2,1-5H3/t12-,16+/m0/s1. The van der Waals surface area contributed by atoms with E-state index in [0.29, 0.717) is 5.92 Å². The molecule has 4 heteroatoms. The quantitative estimate of drug-likeness (QED) is 0.747. The van der Waals surface area contributed by atoms with Crippen LogP contribution in [0.1, 0.15) is 58.4 Å². The van der Waals surface area contributed by atoms with Gasteiger partial charge in [0, 0.05) is 16.2 Å². The Balaban J connectivity index is 2.56. The lowest BCUT2D eigenvalue weighted by Crippen LogP contribution is -2.56.